The second-order valence-corrected chi connectivity index (χ2v) is 7.86. The van der Waals surface area contributed by atoms with Gasteiger partial charge in [0.15, 0.2) is 0 Å². The highest BCUT2D eigenvalue weighted by molar-refractivity contribution is 7.89. The Kier molecular flexibility index (Phi) is 5.46. The molecule has 0 heterocycles. The van der Waals surface area contributed by atoms with Crippen molar-refractivity contribution >= 4 is 32.5 Å². The lowest BCUT2D eigenvalue weighted by atomic mass is 10.1. The maximum absolute atomic E-state index is 12.9. The summed E-state index contributed by atoms with van der Waals surface area (Å²) in [6.07, 6.45) is 0.221. The van der Waals surface area contributed by atoms with Crippen molar-refractivity contribution in [2.75, 3.05) is 32.6 Å². The maximum Gasteiger partial charge on any atom is 0.303 e. The number of carbonyl (C=O) groups is 1. The van der Waals surface area contributed by atoms with Crippen LogP contribution in [0, 0.1) is 0 Å². The van der Waals surface area contributed by atoms with Crippen LogP contribution in [0.2, 0.25) is 0 Å². The highest BCUT2D eigenvalue weighted by Crippen LogP contribution is 2.31. The van der Waals surface area contributed by atoms with Crippen LogP contribution in [0.3, 0.4) is 0 Å². The van der Waals surface area contributed by atoms with E-state index in [1.54, 1.807) is 18.2 Å². The number of hydrogen-bond acceptors (Lipinski definition) is 4. The molecule has 6 nitrogen and oxygen atoms in total. The normalized spacial score (nSPS) is 11.8. The quantitative estimate of drug-likeness (QED) is 0.829. The van der Waals surface area contributed by atoms with Crippen molar-refractivity contribution in [3.63, 3.8) is 0 Å². The first-order valence-electron chi connectivity index (χ1n) is 7.62. The van der Waals surface area contributed by atoms with Gasteiger partial charge in [-0.15, -0.1) is 0 Å². The standard InChI is InChI=1S/C17H22N2O4S/c1-18(2)15-9-4-8-14-13(15)7-5-10-16(14)24(22,23)19(3)12-6-11-17(20)21/h4-5,7-10H,6,11-12H2,1-3H3,(H,20,21). The Hall–Kier alpha value is -2.12. The molecule has 0 saturated heterocycles. The van der Waals surface area contributed by atoms with E-state index in [4.69, 9.17) is 5.11 Å². The first-order chi connectivity index (χ1) is 11.2. The largest absolute Gasteiger partial charge is 0.481 e. The zero-order chi connectivity index (χ0) is 17.9. The molecule has 0 aromatic heterocycles. The third-order valence-corrected chi connectivity index (χ3v) is 5.81. The number of fused-ring (bicyclic) bond motifs is 1. The van der Waals surface area contributed by atoms with Crippen molar-refractivity contribution in [3.8, 4) is 0 Å². The van der Waals surface area contributed by atoms with Gasteiger partial charge < -0.3 is 10.0 Å². The summed E-state index contributed by atoms with van der Waals surface area (Å²) in [4.78, 5) is 12.8. The molecule has 0 bridgehead atoms. The zero-order valence-electron chi connectivity index (χ0n) is 14.1. The minimum Gasteiger partial charge on any atom is -0.481 e. The van der Waals surface area contributed by atoms with Crippen molar-refractivity contribution < 1.29 is 18.3 Å². The number of benzene rings is 2. The van der Waals surface area contributed by atoms with Gasteiger partial charge in [-0.05, 0) is 18.6 Å². The van der Waals surface area contributed by atoms with Crippen molar-refractivity contribution in [1.82, 2.24) is 4.31 Å². The van der Waals surface area contributed by atoms with Crippen LogP contribution in [0.15, 0.2) is 41.3 Å². The SMILES string of the molecule is CN(C)c1cccc2c(S(=O)(=O)N(C)CCCC(=O)O)cccc12. The highest BCUT2D eigenvalue weighted by Gasteiger charge is 2.23. The molecule has 0 aliphatic rings. The third-order valence-electron chi connectivity index (χ3n) is 3.89. The van der Waals surface area contributed by atoms with Gasteiger partial charge in [0.25, 0.3) is 0 Å². The van der Waals surface area contributed by atoms with E-state index in [0.29, 0.717) is 5.39 Å². The van der Waals surface area contributed by atoms with E-state index in [-0.39, 0.29) is 24.3 Å². The molecule has 0 fully saturated rings. The maximum atomic E-state index is 12.9. The van der Waals surface area contributed by atoms with Crippen LogP contribution in [0.4, 0.5) is 5.69 Å². The first-order valence-corrected chi connectivity index (χ1v) is 9.06. The first kappa shape index (κ1) is 18.2. The van der Waals surface area contributed by atoms with E-state index in [1.807, 2.05) is 37.2 Å². The fourth-order valence-electron chi connectivity index (χ4n) is 2.62. The minimum absolute atomic E-state index is 0.0554. The molecule has 0 aliphatic carbocycles. The second kappa shape index (κ2) is 7.19. The van der Waals surface area contributed by atoms with E-state index in [1.165, 1.54) is 11.4 Å². The Morgan fingerprint density at radius 1 is 1.04 bits per heavy atom. The molecule has 0 spiro atoms. The van der Waals surface area contributed by atoms with Gasteiger partial charge in [0.1, 0.15) is 0 Å². The summed E-state index contributed by atoms with van der Waals surface area (Å²) >= 11 is 0. The van der Waals surface area contributed by atoms with Gasteiger partial charge in [0.2, 0.25) is 10.0 Å². The fraction of sp³-hybridized carbons (Fsp3) is 0.353. The lowest BCUT2D eigenvalue weighted by Gasteiger charge is -2.20. The number of carboxylic acids is 1. The molecule has 7 heteroatoms. The Labute approximate surface area is 142 Å². The summed E-state index contributed by atoms with van der Waals surface area (Å²) in [5.74, 6) is -0.929. The summed E-state index contributed by atoms with van der Waals surface area (Å²) in [5, 5.41) is 10.2. The summed E-state index contributed by atoms with van der Waals surface area (Å²) in [5.41, 5.74) is 0.943. The lowest BCUT2D eigenvalue weighted by Crippen LogP contribution is -2.28. The molecule has 0 saturated carbocycles. The van der Waals surface area contributed by atoms with Crippen LogP contribution in [0.1, 0.15) is 12.8 Å². The van der Waals surface area contributed by atoms with Crippen molar-refractivity contribution in [2.24, 2.45) is 0 Å². The smallest absolute Gasteiger partial charge is 0.303 e. The Balaban J connectivity index is 2.44. The molecule has 0 radical (unpaired) electrons. The van der Waals surface area contributed by atoms with Crippen molar-refractivity contribution in [3.05, 3.63) is 36.4 Å². The number of hydrogen-bond donors (Lipinski definition) is 1. The average Bonchev–Trinajstić information content (AvgIpc) is 2.52. The average molecular weight is 350 g/mol. The predicted molar refractivity (Wildman–Crippen MR) is 95.0 cm³/mol. The molecular weight excluding hydrogens is 328 g/mol. The molecule has 0 unspecified atom stereocenters. The lowest BCUT2D eigenvalue weighted by molar-refractivity contribution is -0.137. The Morgan fingerprint density at radius 3 is 2.29 bits per heavy atom. The molecule has 0 atom stereocenters. The van der Waals surface area contributed by atoms with Crippen LogP contribution in [0.5, 0.6) is 0 Å². The molecule has 0 aliphatic heterocycles. The van der Waals surface area contributed by atoms with Crippen LogP contribution in [-0.4, -0.2) is 51.5 Å². The van der Waals surface area contributed by atoms with Gasteiger partial charge in [-0.2, -0.15) is 0 Å². The number of nitrogens with zero attached hydrogens (tertiary/aromatic N) is 2. The molecule has 1 N–H and O–H groups in total. The van der Waals surface area contributed by atoms with Gasteiger partial charge in [-0.1, -0.05) is 24.3 Å². The number of carboxylic acid groups (broad SMARTS) is 1. The Morgan fingerprint density at radius 2 is 1.67 bits per heavy atom. The van der Waals surface area contributed by atoms with Crippen LogP contribution < -0.4 is 4.90 Å². The number of aliphatic carboxylic acids is 1. The Bertz CT molecular complexity index is 847. The zero-order valence-corrected chi connectivity index (χ0v) is 14.9. The molecule has 2 rings (SSSR count). The molecule has 24 heavy (non-hydrogen) atoms. The minimum atomic E-state index is -3.68. The van der Waals surface area contributed by atoms with Crippen molar-refractivity contribution in [1.29, 1.82) is 0 Å². The van der Waals surface area contributed by atoms with E-state index < -0.39 is 16.0 Å². The molecular formula is C17H22N2O4S. The van der Waals surface area contributed by atoms with Crippen LogP contribution in [0.25, 0.3) is 10.8 Å². The van der Waals surface area contributed by atoms with Crippen molar-refractivity contribution in [2.45, 2.75) is 17.7 Å². The van der Waals surface area contributed by atoms with Gasteiger partial charge in [0.05, 0.1) is 4.90 Å². The molecule has 130 valence electrons. The molecule has 0 amide bonds. The number of anilines is 1. The summed E-state index contributed by atoms with van der Waals surface area (Å²) in [6, 6.07) is 10.8. The second-order valence-electron chi connectivity index (χ2n) is 5.85. The van der Waals surface area contributed by atoms with Gasteiger partial charge in [-0.25, -0.2) is 12.7 Å². The summed E-state index contributed by atoms with van der Waals surface area (Å²) in [6.45, 7) is 0.165. The van der Waals surface area contributed by atoms with Gasteiger partial charge >= 0.3 is 5.97 Å². The summed E-state index contributed by atoms with van der Waals surface area (Å²) in [7, 11) is 1.62. The predicted octanol–water partition coefficient (Wildman–Crippen LogP) is 2.39. The number of sulfonamides is 1. The van der Waals surface area contributed by atoms with Gasteiger partial charge in [-0.3, -0.25) is 4.79 Å². The molecule has 2 aromatic carbocycles. The molecule has 2 aromatic rings. The van der Waals surface area contributed by atoms with E-state index >= 15 is 0 Å². The number of rotatable bonds is 7. The van der Waals surface area contributed by atoms with Gasteiger partial charge in [0, 0.05) is 50.6 Å². The van der Waals surface area contributed by atoms with E-state index in [0.717, 1.165) is 11.1 Å². The van der Waals surface area contributed by atoms with E-state index in [2.05, 4.69) is 0 Å². The summed E-state index contributed by atoms with van der Waals surface area (Å²) < 4.78 is 27.0. The fourth-order valence-corrected chi connectivity index (χ4v) is 4.03. The topological polar surface area (TPSA) is 77.9 Å². The van der Waals surface area contributed by atoms with Crippen LogP contribution >= 0.6 is 0 Å². The van der Waals surface area contributed by atoms with Crippen LogP contribution in [-0.2, 0) is 14.8 Å². The monoisotopic (exact) mass is 350 g/mol. The highest BCUT2D eigenvalue weighted by atomic mass is 32.2. The van der Waals surface area contributed by atoms with E-state index in [9.17, 15) is 13.2 Å². The third kappa shape index (κ3) is 3.68.